The number of hydrogen-bond donors (Lipinski definition) is 0. The van der Waals surface area contributed by atoms with Crippen LogP contribution in [0.5, 0.6) is 0 Å². The van der Waals surface area contributed by atoms with Gasteiger partial charge in [-0.05, 0) is 13.3 Å². The molecule has 3 nitrogen and oxygen atoms in total. The van der Waals surface area contributed by atoms with E-state index in [0.717, 1.165) is 6.42 Å². The minimum atomic E-state index is -0.266. The number of rotatable bonds is 3. The largest absolute Gasteiger partial charge is 0.347 e. The van der Waals surface area contributed by atoms with E-state index in [-0.39, 0.29) is 5.82 Å². The average Bonchev–Trinajstić information content (AvgIpc) is 2.12. The molecule has 14 heavy (non-hydrogen) atoms. The number of aryl methyl sites for hydroxylation is 2. The molecule has 0 aliphatic carbocycles. The topological polar surface area (TPSA) is 29.0 Å². The van der Waals surface area contributed by atoms with Gasteiger partial charge in [0, 0.05) is 14.1 Å². The first-order chi connectivity index (χ1) is 6.56. The van der Waals surface area contributed by atoms with Crippen LogP contribution in [-0.2, 0) is 6.42 Å². The van der Waals surface area contributed by atoms with Crippen molar-refractivity contribution >= 4 is 5.95 Å². The van der Waals surface area contributed by atoms with Crippen molar-refractivity contribution in [3.05, 3.63) is 17.2 Å². The van der Waals surface area contributed by atoms with E-state index in [1.807, 2.05) is 21.0 Å². The van der Waals surface area contributed by atoms with Gasteiger partial charge in [-0.1, -0.05) is 13.3 Å². The van der Waals surface area contributed by atoms with Gasteiger partial charge in [0.25, 0.3) is 0 Å². The summed E-state index contributed by atoms with van der Waals surface area (Å²) in [5, 5.41) is 0. The number of halogens is 1. The second kappa shape index (κ2) is 4.35. The molecule has 0 atom stereocenters. The lowest BCUT2D eigenvalue weighted by atomic mass is 10.2. The molecule has 0 saturated heterocycles. The minimum Gasteiger partial charge on any atom is -0.347 e. The molecular formula is C10H16FN3. The predicted octanol–water partition coefficient (Wildman–Crippen LogP) is 1.94. The summed E-state index contributed by atoms with van der Waals surface area (Å²) in [7, 11) is 3.70. The lowest BCUT2D eigenvalue weighted by molar-refractivity contribution is 0.576. The fourth-order valence-corrected chi connectivity index (χ4v) is 1.21. The Bertz CT molecular complexity index is 323. The first kappa shape index (κ1) is 10.9. The highest BCUT2D eigenvalue weighted by molar-refractivity contribution is 5.30. The van der Waals surface area contributed by atoms with Crippen LogP contribution in [0.1, 0.15) is 24.7 Å². The molecule has 1 aromatic heterocycles. The summed E-state index contributed by atoms with van der Waals surface area (Å²) in [4.78, 5) is 10.0. The van der Waals surface area contributed by atoms with Crippen LogP contribution in [-0.4, -0.2) is 24.1 Å². The molecule has 0 aliphatic heterocycles. The Kier molecular flexibility index (Phi) is 3.38. The van der Waals surface area contributed by atoms with Crippen LogP contribution in [0, 0.1) is 12.7 Å². The Morgan fingerprint density at radius 1 is 1.29 bits per heavy atom. The summed E-state index contributed by atoms with van der Waals surface area (Å²) < 4.78 is 13.5. The van der Waals surface area contributed by atoms with Gasteiger partial charge in [0.05, 0.1) is 11.4 Å². The molecule has 78 valence electrons. The zero-order valence-corrected chi connectivity index (χ0v) is 9.13. The van der Waals surface area contributed by atoms with Crippen LogP contribution in [0.3, 0.4) is 0 Å². The van der Waals surface area contributed by atoms with Gasteiger partial charge in [-0.3, -0.25) is 0 Å². The molecule has 0 spiro atoms. The number of aromatic nitrogens is 2. The average molecular weight is 197 g/mol. The Morgan fingerprint density at radius 2 is 1.93 bits per heavy atom. The zero-order valence-electron chi connectivity index (χ0n) is 9.13. The van der Waals surface area contributed by atoms with Gasteiger partial charge in [0.1, 0.15) is 0 Å². The van der Waals surface area contributed by atoms with E-state index >= 15 is 0 Å². The molecule has 0 aromatic carbocycles. The monoisotopic (exact) mass is 197 g/mol. The second-order valence-corrected chi connectivity index (χ2v) is 3.51. The SMILES string of the molecule is CCCc1nc(N(C)C)nc(C)c1F. The van der Waals surface area contributed by atoms with Crippen molar-refractivity contribution in [2.24, 2.45) is 0 Å². The van der Waals surface area contributed by atoms with Crippen molar-refractivity contribution in [1.82, 2.24) is 9.97 Å². The van der Waals surface area contributed by atoms with Crippen molar-refractivity contribution in [2.75, 3.05) is 19.0 Å². The standard InChI is InChI=1S/C10H16FN3/c1-5-6-8-9(11)7(2)12-10(13-8)14(3)4/h5-6H2,1-4H3. The van der Waals surface area contributed by atoms with Crippen LogP contribution in [0.4, 0.5) is 10.3 Å². The van der Waals surface area contributed by atoms with Gasteiger partial charge < -0.3 is 4.90 Å². The van der Waals surface area contributed by atoms with E-state index in [1.165, 1.54) is 0 Å². The molecule has 0 fully saturated rings. The lowest BCUT2D eigenvalue weighted by Gasteiger charge is -2.12. The highest BCUT2D eigenvalue weighted by Crippen LogP contribution is 2.14. The van der Waals surface area contributed by atoms with E-state index in [4.69, 9.17) is 0 Å². The Morgan fingerprint density at radius 3 is 2.43 bits per heavy atom. The van der Waals surface area contributed by atoms with Gasteiger partial charge in [-0.15, -0.1) is 0 Å². The second-order valence-electron chi connectivity index (χ2n) is 3.51. The van der Waals surface area contributed by atoms with Crippen molar-refractivity contribution in [3.63, 3.8) is 0 Å². The number of anilines is 1. The summed E-state index contributed by atoms with van der Waals surface area (Å²) in [5.41, 5.74) is 0.941. The van der Waals surface area contributed by atoms with E-state index in [2.05, 4.69) is 9.97 Å². The molecule has 1 rings (SSSR count). The van der Waals surface area contributed by atoms with Crippen LogP contribution in [0.25, 0.3) is 0 Å². The first-order valence-corrected chi connectivity index (χ1v) is 4.76. The number of hydrogen-bond acceptors (Lipinski definition) is 3. The van der Waals surface area contributed by atoms with Crippen LogP contribution in [0.2, 0.25) is 0 Å². The van der Waals surface area contributed by atoms with Crippen LogP contribution < -0.4 is 4.90 Å². The summed E-state index contributed by atoms with van der Waals surface area (Å²) in [5.74, 6) is 0.310. The quantitative estimate of drug-likeness (QED) is 0.741. The first-order valence-electron chi connectivity index (χ1n) is 4.76. The highest BCUT2D eigenvalue weighted by Gasteiger charge is 2.11. The van der Waals surface area contributed by atoms with Gasteiger partial charge in [0.15, 0.2) is 5.82 Å². The maximum absolute atomic E-state index is 13.5. The van der Waals surface area contributed by atoms with Crippen molar-refractivity contribution in [2.45, 2.75) is 26.7 Å². The van der Waals surface area contributed by atoms with Crippen molar-refractivity contribution in [3.8, 4) is 0 Å². The molecule has 1 aromatic rings. The van der Waals surface area contributed by atoms with Crippen molar-refractivity contribution < 1.29 is 4.39 Å². The van der Waals surface area contributed by atoms with Crippen LogP contribution in [0.15, 0.2) is 0 Å². The Balaban J connectivity index is 3.14. The maximum Gasteiger partial charge on any atom is 0.225 e. The minimum absolute atomic E-state index is 0.266. The Labute approximate surface area is 84.0 Å². The summed E-state index contributed by atoms with van der Waals surface area (Å²) in [6.45, 7) is 3.68. The molecule has 4 heteroatoms. The molecule has 0 N–H and O–H groups in total. The lowest BCUT2D eigenvalue weighted by Crippen LogP contribution is -2.15. The third-order valence-corrected chi connectivity index (χ3v) is 1.96. The molecule has 0 radical (unpaired) electrons. The molecule has 0 saturated carbocycles. The third kappa shape index (κ3) is 2.19. The molecule has 0 unspecified atom stereocenters. The van der Waals surface area contributed by atoms with E-state index < -0.39 is 0 Å². The summed E-state index contributed by atoms with van der Waals surface area (Å²) >= 11 is 0. The predicted molar refractivity (Wildman–Crippen MR) is 55.0 cm³/mol. The fourth-order valence-electron chi connectivity index (χ4n) is 1.21. The van der Waals surface area contributed by atoms with E-state index in [1.54, 1.807) is 11.8 Å². The smallest absolute Gasteiger partial charge is 0.225 e. The summed E-state index contributed by atoms with van der Waals surface area (Å²) in [6, 6.07) is 0. The Hall–Kier alpha value is -1.19. The normalized spacial score (nSPS) is 10.4. The molecular weight excluding hydrogens is 181 g/mol. The maximum atomic E-state index is 13.5. The zero-order chi connectivity index (χ0) is 10.7. The van der Waals surface area contributed by atoms with E-state index in [9.17, 15) is 4.39 Å². The van der Waals surface area contributed by atoms with Gasteiger partial charge >= 0.3 is 0 Å². The van der Waals surface area contributed by atoms with Crippen LogP contribution >= 0.6 is 0 Å². The number of nitrogens with zero attached hydrogens (tertiary/aromatic N) is 3. The molecule has 1 heterocycles. The van der Waals surface area contributed by atoms with Gasteiger partial charge in [-0.2, -0.15) is 0 Å². The van der Waals surface area contributed by atoms with Gasteiger partial charge in [-0.25, -0.2) is 14.4 Å². The molecule has 0 amide bonds. The molecule has 0 bridgehead atoms. The third-order valence-electron chi connectivity index (χ3n) is 1.96. The highest BCUT2D eigenvalue weighted by atomic mass is 19.1. The molecule has 0 aliphatic rings. The fraction of sp³-hybridized carbons (Fsp3) is 0.600. The van der Waals surface area contributed by atoms with Crippen molar-refractivity contribution in [1.29, 1.82) is 0 Å². The van der Waals surface area contributed by atoms with Gasteiger partial charge in [0.2, 0.25) is 5.95 Å². The van der Waals surface area contributed by atoms with E-state index in [0.29, 0.717) is 23.8 Å². The summed E-state index contributed by atoms with van der Waals surface area (Å²) in [6.07, 6.45) is 1.55.